The van der Waals surface area contributed by atoms with Gasteiger partial charge in [0, 0.05) is 30.2 Å². The van der Waals surface area contributed by atoms with Crippen LogP contribution in [-0.4, -0.2) is 35.0 Å². The van der Waals surface area contributed by atoms with Gasteiger partial charge in [0.2, 0.25) is 0 Å². The molecule has 6 unspecified atom stereocenters. The van der Waals surface area contributed by atoms with Gasteiger partial charge in [-0.15, -0.1) is 0 Å². The molecule has 5 heteroatoms. The number of rotatable bonds is 1. The SMILES string of the molecule is CC(=O)OC1CC2OC2(C)C2Cc3c(C)coc3C=C(C)C(O)CCC12C. The van der Waals surface area contributed by atoms with E-state index in [1.54, 1.807) is 6.26 Å². The molecule has 0 amide bonds. The minimum absolute atomic E-state index is 0.126. The average molecular weight is 374 g/mol. The quantitative estimate of drug-likeness (QED) is 0.598. The van der Waals surface area contributed by atoms with Crippen LogP contribution in [0.25, 0.3) is 6.08 Å². The lowest BCUT2D eigenvalue weighted by Gasteiger charge is -2.48. The first-order valence-electron chi connectivity index (χ1n) is 9.93. The summed E-state index contributed by atoms with van der Waals surface area (Å²) in [4.78, 5) is 11.8. The van der Waals surface area contributed by atoms with Gasteiger partial charge in [-0.2, -0.15) is 0 Å². The maximum atomic E-state index is 11.8. The van der Waals surface area contributed by atoms with Crippen LogP contribution >= 0.6 is 0 Å². The van der Waals surface area contributed by atoms with Gasteiger partial charge in [-0.05, 0) is 57.2 Å². The van der Waals surface area contributed by atoms with Crippen LogP contribution in [0.5, 0.6) is 0 Å². The third-order valence-corrected chi connectivity index (χ3v) is 7.32. The number of hydrogen-bond acceptors (Lipinski definition) is 5. The summed E-state index contributed by atoms with van der Waals surface area (Å²) in [5.41, 5.74) is 2.70. The van der Waals surface area contributed by atoms with Crippen molar-refractivity contribution in [3.8, 4) is 0 Å². The number of aliphatic hydroxyl groups is 1. The number of epoxide rings is 1. The first-order chi connectivity index (χ1) is 12.6. The van der Waals surface area contributed by atoms with E-state index in [4.69, 9.17) is 13.9 Å². The summed E-state index contributed by atoms with van der Waals surface area (Å²) in [5, 5.41) is 10.7. The molecule has 5 nitrogen and oxygen atoms in total. The Hall–Kier alpha value is -1.59. The van der Waals surface area contributed by atoms with Gasteiger partial charge < -0.3 is 19.0 Å². The third kappa shape index (κ3) is 2.95. The molecule has 1 aliphatic heterocycles. The topological polar surface area (TPSA) is 72.2 Å². The first kappa shape index (κ1) is 18.8. The number of aliphatic hydroxyl groups excluding tert-OH is 1. The van der Waals surface area contributed by atoms with Crippen LogP contribution in [0.3, 0.4) is 0 Å². The van der Waals surface area contributed by atoms with Crippen LogP contribution in [0.2, 0.25) is 0 Å². The number of fused-ring (bicyclic) bond motifs is 4. The molecule has 4 rings (SSSR count). The zero-order chi connectivity index (χ0) is 19.6. The van der Waals surface area contributed by atoms with E-state index in [9.17, 15) is 9.90 Å². The largest absolute Gasteiger partial charge is 0.464 e. The molecule has 3 aliphatic rings. The Morgan fingerprint density at radius 2 is 2.07 bits per heavy atom. The summed E-state index contributed by atoms with van der Waals surface area (Å²) in [6.45, 7) is 9.87. The van der Waals surface area contributed by atoms with Crippen LogP contribution in [0, 0.1) is 18.3 Å². The maximum Gasteiger partial charge on any atom is 0.302 e. The van der Waals surface area contributed by atoms with E-state index in [0.717, 1.165) is 36.2 Å². The van der Waals surface area contributed by atoms with Gasteiger partial charge in [0.05, 0.1) is 24.1 Å². The Bertz CT molecular complexity index is 793. The molecule has 1 aromatic heterocycles. The highest BCUT2D eigenvalue weighted by atomic mass is 16.6. The van der Waals surface area contributed by atoms with Crippen molar-refractivity contribution in [3.63, 3.8) is 0 Å². The van der Waals surface area contributed by atoms with Crippen molar-refractivity contribution in [2.75, 3.05) is 0 Å². The zero-order valence-electron chi connectivity index (χ0n) is 16.9. The molecule has 1 saturated carbocycles. The van der Waals surface area contributed by atoms with Gasteiger partial charge in [-0.25, -0.2) is 0 Å². The monoisotopic (exact) mass is 374 g/mol. The van der Waals surface area contributed by atoms with Crippen LogP contribution in [-0.2, 0) is 20.7 Å². The Morgan fingerprint density at radius 3 is 2.78 bits per heavy atom. The van der Waals surface area contributed by atoms with Gasteiger partial charge in [0.1, 0.15) is 11.9 Å². The van der Waals surface area contributed by atoms with Crippen molar-refractivity contribution in [1.29, 1.82) is 0 Å². The summed E-state index contributed by atoms with van der Waals surface area (Å²) < 4.78 is 17.8. The van der Waals surface area contributed by atoms with Gasteiger partial charge in [-0.3, -0.25) is 4.79 Å². The summed E-state index contributed by atoms with van der Waals surface area (Å²) in [5.74, 6) is 0.754. The molecular weight excluding hydrogens is 344 g/mol. The van der Waals surface area contributed by atoms with Crippen molar-refractivity contribution in [3.05, 3.63) is 28.7 Å². The molecule has 0 spiro atoms. The number of ether oxygens (including phenoxy) is 2. The van der Waals surface area contributed by atoms with E-state index in [-0.39, 0.29) is 35.1 Å². The van der Waals surface area contributed by atoms with Crippen LogP contribution < -0.4 is 0 Å². The Balaban J connectivity index is 1.81. The summed E-state index contributed by atoms with van der Waals surface area (Å²) in [6.07, 6.45) is 6.09. The molecule has 148 valence electrons. The first-order valence-corrected chi connectivity index (χ1v) is 9.93. The zero-order valence-corrected chi connectivity index (χ0v) is 16.9. The van der Waals surface area contributed by atoms with E-state index >= 15 is 0 Å². The van der Waals surface area contributed by atoms with Crippen LogP contribution in [0.4, 0.5) is 0 Å². The molecule has 0 bridgehead atoms. The van der Waals surface area contributed by atoms with E-state index in [1.807, 2.05) is 13.0 Å². The second kappa shape index (κ2) is 6.21. The third-order valence-electron chi connectivity index (χ3n) is 7.32. The van der Waals surface area contributed by atoms with E-state index < -0.39 is 6.10 Å². The summed E-state index contributed by atoms with van der Waals surface area (Å²) in [6, 6.07) is 0. The molecule has 2 aliphatic carbocycles. The molecule has 6 atom stereocenters. The normalized spacial score (nSPS) is 40.9. The molecule has 0 radical (unpaired) electrons. The second-order valence-corrected chi connectivity index (χ2v) is 9.09. The molecule has 1 saturated heterocycles. The number of carbonyl (C=O) groups is 1. The predicted molar refractivity (Wildman–Crippen MR) is 101 cm³/mol. The van der Waals surface area contributed by atoms with Gasteiger partial charge in [0.15, 0.2) is 0 Å². The fourth-order valence-corrected chi connectivity index (χ4v) is 5.41. The van der Waals surface area contributed by atoms with Crippen molar-refractivity contribution in [1.82, 2.24) is 0 Å². The smallest absolute Gasteiger partial charge is 0.302 e. The van der Waals surface area contributed by atoms with Gasteiger partial charge in [0.25, 0.3) is 0 Å². The fraction of sp³-hybridized carbons (Fsp3) is 0.682. The van der Waals surface area contributed by atoms with E-state index in [1.165, 1.54) is 12.5 Å². The van der Waals surface area contributed by atoms with Crippen LogP contribution in [0.15, 0.2) is 16.3 Å². The number of furan rings is 1. The van der Waals surface area contributed by atoms with Gasteiger partial charge in [-0.1, -0.05) is 6.92 Å². The molecule has 2 heterocycles. The minimum atomic E-state index is -0.539. The Labute approximate surface area is 160 Å². The number of carbonyl (C=O) groups excluding carboxylic acids is 1. The predicted octanol–water partition coefficient (Wildman–Crippen LogP) is 3.80. The number of aryl methyl sites for hydroxylation is 1. The lowest BCUT2D eigenvalue weighted by atomic mass is 9.57. The van der Waals surface area contributed by atoms with Crippen molar-refractivity contribution in [2.45, 2.75) is 84.2 Å². The Kier molecular flexibility index (Phi) is 4.32. The van der Waals surface area contributed by atoms with E-state index in [2.05, 4.69) is 20.8 Å². The Morgan fingerprint density at radius 1 is 1.33 bits per heavy atom. The summed E-state index contributed by atoms with van der Waals surface area (Å²) >= 11 is 0. The average Bonchev–Trinajstić information content (AvgIpc) is 3.13. The molecule has 27 heavy (non-hydrogen) atoms. The second-order valence-electron chi connectivity index (χ2n) is 9.09. The van der Waals surface area contributed by atoms with Crippen molar-refractivity contribution in [2.24, 2.45) is 11.3 Å². The summed E-state index contributed by atoms with van der Waals surface area (Å²) in [7, 11) is 0. The van der Waals surface area contributed by atoms with Gasteiger partial charge >= 0.3 is 5.97 Å². The van der Waals surface area contributed by atoms with Crippen molar-refractivity contribution >= 4 is 12.0 Å². The molecule has 1 aromatic rings. The molecule has 1 N–H and O–H groups in total. The number of esters is 1. The highest BCUT2D eigenvalue weighted by molar-refractivity contribution is 5.66. The molecular formula is C22H30O5. The maximum absolute atomic E-state index is 11.8. The minimum Gasteiger partial charge on any atom is -0.464 e. The lowest BCUT2D eigenvalue weighted by molar-refractivity contribution is -0.161. The fourth-order valence-electron chi connectivity index (χ4n) is 5.41. The number of hydrogen-bond donors (Lipinski definition) is 1. The highest BCUT2D eigenvalue weighted by Crippen LogP contribution is 2.61. The standard InChI is InChI=1S/C22H30O5/c1-12-8-17-15(13(2)11-25-17)9-18-21(4,7-6-16(12)24)19(26-14(3)23)10-20-22(18,5)27-20/h8,11,16,18-20,24H,6-7,9-10H2,1-5H3. The van der Waals surface area contributed by atoms with E-state index in [0.29, 0.717) is 6.42 Å². The molecule has 0 aromatic carbocycles. The lowest BCUT2D eigenvalue weighted by Crippen LogP contribution is -2.53. The van der Waals surface area contributed by atoms with Crippen LogP contribution in [0.1, 0.15) is 63.8 Å². The molecule has 2 fully saturated rings. The van der Waals surface area contributed by atoms with Crippen molar-refractivity contribution < 1.29 is 23.8 Å². The highest BCUT2D eigenvalue weighted by Gasteiger charge is 2.68.